The van der Waals surface area contributed by atoms with Crippen molar-refractivity contribution in [3.63, 3.8) is 0 Å². The Hall–Kier alpha value is 0.350. The van der Waals surface area contributed by atoms with Crippen molar-refractivity contribution in [2.75, 3.05) is 25.0 Å². The summed E-state index contributed by atoms with van der Waals surface area (Å²) in [4.78, 5) is 0. The van der Waals surface area contributed by atoms with E-state index in [0.29, 0.717) is 19.6 Å². The molecule has 0 unspecified atom stereocenters. The molecule has 1 aliphatic heterocycles. The molecule has 1 N–H and O–H groups in total. The van der Waals surface area contributed by atoms with Crippen molar-refractivity contribution < 1.29 is 8.42 Å². The van der Waals surface area contributed by atoms with Crippen LogP contribution in [0.4, 0.5) is 0 Å². The molecule has 0 atom stereocenters. The van der Waals surface area contributed by atoms with Crippen LogP contribution in [0, 0.1) is 5.41 Å². The van der Waals surface area contributed by atoms with Crippen LogP contribution >= 0.6 is 15.9 Å². The largest absolute Gasteiger partial charge is 0.279 e. The molecular weight excluding hydrogens is 340 g/mol. The quantitative estimate of drug-likeness (QED) is 0.760. The Morgan fingerprint density at radius 1 is 0.950 bits per heavy atom. The van der Waals surface area contributed by atoms with E-state index in [2.05, 4.69) is 20.7 Å². The Labute approximate surface area is 132 Å². The lowest BCUT2D eigenvalue weighted by Crippen LogP contribution is -2.46. The average molecular weight is 367 g/mol. The molecule has 2 rings (SSSR count). The highest BCUT2D eigenvalue weighted by atomic mass is 79.9. The number of halogens is 1. The molecule has 0 spiro atoms. The molecule has 2 fully saturated rings. The van der Waals surface area contributed by atoms with Gasteiger partial charge in [-0.25, -0.2) is 4.72 Å². The molecule has 20 heavy (non-hydrogen) atoms. The fourth-order valence-corrected chi connectivity index (χ4v) is 5.45. The van der Waals surface area contributed by atoms with Crippen LogP contribution in [0.1, 0.15) is 57.8 Å². The van der Waals surface area contributed by atoms with E-state index < -0.39 is 10.2 Å². The smallest absolute Gasteiger partial charge is 0.202 e. The van der Waals surface area contributed by atoms with E-state index in [0.717, 1.165) is 43.9 Å². The highest BCUT2D eigenvalue weighted by molar-refractivity contribution is 9.09. The minimum Gasteiger partial charge on any atom is -0.202 e. The minimum atomic E-state index is -3.29. The van der Waals surface area contributed by atoms with Gasteiger partial charge in [0.05, 0.1) is 0 Å². The van der Waals surface area contributed by atoms with Crippen molar-refractivity contribution in [3.05, 3.63) is 0 Å². The molecule has 1 aliphatic carbocycles. The highest BCUT2D eigenvalue weighted by Crippen LogP contribution is 2.37. The molecule has 0 aromatic rings. The maximum Gasteiger partial charge on any atom is 0.279 e. The molecule has 0 radical (unpaired) electrons. The minimum absolute atomic E-state index is 0.122. The number of hydrogen-bond donors (Lipinski definition) is 1. The summed E-state index contributed by atoms with van der Waals surface area (Å²) < 4.78 is 29.4. The topological polar surface area (TPSA) is 49.4 Å². The van der Waals surface area contributed by atoms with Gasteiger partial charge in [-0.1, -0.05) is 48.0 Å². The van der Waals surface area contributed by atoms with E-state index in [-0.39, 0.29) is 5.41 Å². The van der Waals surface area contributed by atoms with Gasteiger partial charge in [-0.05, 0) is 31.1 Å². The van der Waals surface area contributed by atoms with Gasteiger partial charge in [0.15, 0.2) is 0 Å². The lowest BCUT2D eigenvalue weighted by Gasteiger charge is -2.36. The van der Waals surface area contributed by atoms with Crippen LogP contribution in [-0.4, -0.2) is 37.7 Å². The van der Waals surface area contributed by atoms with Crippen molar-refractivity contribution in [3.8, 4) is 0 Å². The van der Waals surface area contributed by atoms with Gasteiger partial charge in [0.1, 0.15) is 0 Å². The molecule has 1 saturated heterocycles. The monoisotopic (exact) mass is 366 g/mol. The average Bonchev–Trinajstić information content (AvgIpc) is 2.76. The Bertz CT molecular complexity index is 386. The van der Waals surface area contributed by atoms with Gasteiger partial charge in [0, 0.05) is 25.0 Å². The number of hydrogen-bond acceptors (Lipinski definition) is 2. The fraction of sp³-hybridized carbons (Fsp3) is 1.00. The lowest BCUT2D eigenvalue weighted by molar-refractivity contribution is 0.225. The van der Waals surface area contributed by atoms with Crippen LogP contribution in [0.3, 0.4) is 0 Å². The molecule has 0 amide bonds. The standard InChI is InChI=1S/C14H27BrN2O2S/c15-12-14(8-4-3-5-9-14)13-16-20(18,19)17-10-6-1-2-7-11-17/h16H,1-13H2. The first kappa shape index (κ1) is 16.7. The van der Waals surface area contributed by atoms with Crippen molar-refractivity contribution >= 4 is 26.1 Å². The molecular formula is C14H27BrN2O2S. The summed E-state index contributed by atoms with van der Waals surface area (Å²) in [6.07, 6.45) is 10.3. The van der Waals surface area contributed by atoms with Crippen LogP contribution in [-0.2, 0) is 10.2 Å². The Balaban J connectivity index is 1.93. The first-order valence-corrected chi connectivity index (χ1v) is 10.4. The second-order valence-electron chi connectivity index (χ2n) is 6.33. The van der Waals surface area contributed by atoms with Gasteiger partial charge in [0.25, 0.3) is 10.2 Å². The third-order valence-corrected chi connectivity index (χ3v) is 7.48. The van der Waals surface area contributed by atoms with Crippen LogP contribution in [0.2, 0.25) is 0 Å². The van der Waals surface area contributed by atoms with Crippen molar-refractivity contribution in [1.82, 2.24) is 9.03 Å². The number of rotatable bonds is 5. The number of alkyl halides is 1. The number of nitrogens with zero attached hydrogens (tertiary/aromatic N) is 1. The first-order chi connectivity index (χ1) is 9.58. The molecule has 0 aromatic carbocycles. The van der Waals surface area contributed by atoms with Gasteiger partial charge in [-0.2, -0.15) is 12.7 Å². The maximum atomic E-state index is 12.4. The van der Waals surface area contributed by atoms with Crippen LogP contribution in [0.25, 0.3) is 0 Å². The van der Waals surface area contributed by atoms with E-state index in [1.807, 2.05) is 0 Å². The summed E-state index contributed by atoms with van der Waals surface area (Å²) in [7, 11) is -3.29. The normalized spacial score (nSPS) is 25.2. The third-order valence-electron chi connectivity index (χ3n) is 4.73. The lowest BCUT2D eigenvalue weighted by atomic mass is 9.76. The molecule has 1 heterocycles. The molecule has 0 aromatic heterocycles. The summed E-state index contributed by atoms with van der Waals surface area (Å²) in [5, 5.41) is 0.891. The van der Waals surface area contributed by atoms with Gasteiger partial charge in [-0.15, -0.1) is 0 Å². The Morgan fingerprint density at radius 2 is 1.50 bits per heavy atom. The molecule has 1 saturated carbocycles. The zero-order valence-electron chi connectivity index (χ0n) is 12.2. The summed E-state index contributed by atoms with van der Waals surface area (Å²) in [5.74, 6) is 0. The van der Waals surface area contributed by atoms with E-state index in [1.54, 1.807) is 4.31 Å². The van der Waals surface area contributed by atoms with Gasteiger partial charge < -0.3 is 0 Å². The highest BCUT2D eigenvalue weighted by Gasteiger charge is 2.33. The maximum absolute atomic E-state index is 12.4. The summed E-state index contributed by atoms with van der Waals surface area (Å²) >= 11 is 3.60. The van der Waals surface area contributed by atoms with Crippen molar-refractivity contribution in [2.45, 2.75) is 57.8 Å². The Kier molecular flexibility index (Phi) is 6.32. The van der Waals surface area contributed by atoms with Crippen molar-refractivity contribution in [2.24, 2.45) is 5.41 Å². The van der Waals surface area contributed by atoms with E-state index >= 15 is 0 Å². The van der Waals surface area contributed by atoms with E-state index in [4.69, 9.17) is 0 Å². The van der Waals surface area contributed by atoms with E-state index in [9.17, 15) is 8.42 Å². The second-order valence-corrected chi connectivity index (χ2v) is 8.65. The molecule has 118 valence electrons. The summed E-state index contributed by atoms with van der Waals surface area (Å²) in [5.41, 5.74) is 0.122. The zero-order chi connectivity index (χ0) is 14.5. The van der Waals surface area contributed by atoms with Gasteiger partial charge >= 0.3 is 0 Å². The zero-order valence-corrected chi connectivity index (χ0v) is 14.6. The van der Waals surface area contributed by atoms with Crippen LogP contribution in [0.15, 0.2) is 0 Å². The fourth-order valence-electron chi connectivity index (χ4n) is 3.28. The summed E-state index contributed by atoms with van der Waals surface area (Å²) in [6, 6.07) is 0. The van der Waals surface area contributed by atoms with Gasteiger partial charge in [0.2, 0.25) is 0 Å². The SMILES string of the molecule is O=S(=O)(NCC1(CBr)CCCCC1)N1CCCCCC1. The van der Waals surface area contributed by atoms with Crippen LogP contribution < -0.4 is 4.72 Å². The molecule has 4 nitrogen and oxygen atoms in total. The Morgan fingerprint density at radius 3 is 2.05 bits per heavy atom. The third kappa shape index (κ3) is 4.42. The second kappa shape index (κ2) is 7.56. The molecule has 6 heteroatoms. The molecule has 2 aliphatic rings. The van der Waals surface area contributed by atoms with Crippen molar-refractivity contribution in [1.29, 1.82) is 0 Å². The molecule has 0 bridgehead atoms. The van der Waals surface area contributed by atoms with E-state index in [1.165, 1.54) is 19.3 Å². The predicted octanol–water partition coefficient (Wildman–Crippen LogP) is 3.04. The summed E-state index contributed by atoms with van der Waals surface area (Å²) in [6.45, 7) is 1.93. The first-order valence-electron chi connectivity index (χ1n) is 7.89. The predicted molar refractivity (Wildman–Crippen MR) is 86.3 cm³/mol. The van der Waals surface area contributed by atoms with Crippen LogP contribution in [0.5, 0.6) is 0 Å². The van der Waals surface area contributed by atoms with Gasteiger partial charge in [-0.3, -0.25) is 0 Å². The number of nitrogens with one attached hydrogen (secondary N) is 1.